The van der Waals surface area contributed by atoms with Gasteiger partial charge in [-0.15, -0.1) is 0 Å². The highest BCUT2D eigenvalue weighted by molar-refractivity contribution is 7.79. The summed E-state index contributed by atoms with van der Waals surface area (Å²) in [4.78, 5) is 39.0. The van der Waals surface area contributed by atoms with Crippen LogP contribution in [0.2, 0.25) is 0 Å². The summed E-state index contributed by atoms with van der Waals surface area (Å²) in [6.45, 7) is 5.33. The zero-order valence-corrected chi connectivity index (χ0v) is 26.7. The Morgan fingerprint density at radius 1 is 0.725 bits per heavy atom. The third-order valence-electron chi connectivity index (χ3n) is 6.06. The lowest BCUT2D eigenvalue weighted by Crippen LogP contribution is -2.48. The summed E-state index contributed by atoms with van der Waals surface area (Å²) < 4.78 is 0. The van der Waals surface area contributed by atoms with Crippen molar-refractivity contribution in [1.82, 2.24) is 10.6 Å². The van der Waals surface area contributed by atoms with E-state index in [0.717, 1.165) is 45.1 Å². The van der Waals surface area contributed by atoms with Crippen LogP contribution in [-0.4, -0.2) is 55.6 Å². The minimum absolute atomic E-state index is 0.116. The number of unbranched alkanes of at least 4 members (excludes halogenated alkanes) is 13. The summed E-state index contributed by atoms with van der Waals surface area (Å²) in [6.07, 6.45) is 21.5. The smallest absolute Gasteiger partial charge is 0.243 e. The monoisotopic (exact) mass is 589 g/mol. The van der Waals surface area contributed by atoms with Crippen LogP contribution in [0.1, 0.15) is 129 Å². The molecule has 1 atom stereocenters. The third kappa shape index (κ3) is 36.0. The molecule has 0 heterocycles. The van der Waals surface area contributed by atoms with E-state index in [1.54, 1.807) is 6.26 Å². The van der Waals surface area contributed by atoms with Crippen molar-refractivity contribution in [2.75, 3.05) is 25.9 Å². The van der Waals surface area contributed by atoms with Gasteiger partial charge in [-0.05, 0) is 44.9 Å². The summed E-state index contributed by atoms with van der Waals surface area (Å²) in [6, 6.07) is -0.639. The third-order valence-corrected chi connectivity index (χ3v) is 6.06. The number of carbonyl (C=O) groups is 3. The molecule has 0 spiro atoms. The second kappa shape index (κ2) is 35.0. The Hall–Kier alpha value is -2.01. The first kappa shape index (κ1) is 42.5. The fourth-order valence-electron chi connectivity index (χ4n) is 3.87. The molecule has 0 aromatic carbocycles. The highest BCUT2D eigenvalue weighted by Crippen LogP contribution is 2.13. The average Bonchev–Trinajstić information content (AvgIpc) is 2.94. The quantitative estimate of drug-likeness (QED) is 0.0386. The lowest BCUT2D eigenvalue weighted by Gasteiger charge is -2.18. The number of carbonyl (C=O) groups excluding carboxylic acids is 3. The second-order valence-corrected chi connectivity index (χ2v) is 9.89. The van der Waals surface area contributed by atoms with Gasteiger partial charge in [0, 0.05) is 13.0 Å². The summed E-state index contributed by atoms with van der Waals surface area (Å²) in [7, 11) is 0. The van der Waals surface area contributed by atoms with E-state index in [2.05, 4.69) is 35.2 Å². The molecular formula is C29H63N7O3S. The predicted octanol–water partition coefficient (Wildman–Crippen LogP) is 3.90. The van der Waals surface area contributed by atoms with Crippen LogP contribution in [0.25, 0.3) is 0 Å². The van der Waals surface area contributed by atoms with E-state index < -0.39 is 11.9 Å². The summed E-state index contributed by atoms with van der Waals surface area (Å²) >= 11 is 3.53. The molecule has 0 saturated heterocycles. The number of nitrogens with zero attached hydrogens (tertiary/aromatic N) is 1. The zero-order chi connectivity index (χ0) is 30.9. The van der Waals surface area contributed by atoms with Crippen LogP contribution in [0.15, 0.2) is 4.99 Å². The highest BCUT2D eigenvalue weighted by atomic mass is 32.1. The van der Waals surface area contributed by atoms with E-state index in [9.17, 15) is 14.4 Å². The van der Waals surface area contributed by atoms with E-state index in [4.69, 9.17) is 22.9 Å². The molecule has 40 heavy (non-hydrogen) atoms. The number of rotatable bonds is 24. The number of guanidine groups is 1. The van der Waals surface area contributed by atoms with Crippen LogP contribution < -0.4 is 33.6 Å². The van der Waals surface area contributed by atoms with Gasteiger partial charge in [0.1, 0.15) is 6.04 Å². The standard InChI is InChI=1S/C24H48N4O3.C4H11N3.CH4S/c1-2-3-4-5-6-7-8-9-10-11-12-13-14-18-23(30)28-21(17-15-16-19-25)24(31)27-20-22(26)29;1-2-3-7-4(5)6;1-2/h21H,2-20,25H2,1H3,(H2,26,29)(H,27,31)(H,28,30);2-3H2,1H3,(H4,5,6,7);2H,1H3. The molecule has 3 amide bonds. The van der Waals surface area contributed by atoms with E-state index in [1.165, 1.54) is 64.2 Å². The number of aliphatic imine (C=N–C) groups is 1. The second-order valence-electron chi connectivity index (χ2n) is 9.89. The van der Waals surface area contributed by atoms with Crippen molar-refractivity contribution in [1.29, 1.82) is 0 Å². The Labute approximate surface area is 250 Å². The first-order valence-electron chi connectivity index (χ1n) is 15.3. The summed E-state index contributed by atoms with van der Waals surface area (Å²) in [5, 5.41) is 5.27. The topological polar surface area (TPSA) is 192 Å². The van der Waals surface area contributed by atoms with Crippen molar-refractivity contribution in [3.05, 3.63) is 0 Å². The maximum Gasteiger partial charge on any atom is 0.243 e. The lowest BCUT2D eigenvalue weighted by atomic mass is 10.0. The maximum atomic E-state index is 12.2. The van der Waals surface area contributed by atoms with Gasteiger partial charge in [-0.2, -0.15) is 12.6 Å². The highest BCUT2D eigenvalue weighted by Gasteiger charge is 2.20. The molecule has 0 rings (SSSR count). The van der Waals surface area contributed by atoms with Crippen LogP contribution in [0.4, 0.5) is 0 Å². The minimum atomic E-state index is -0.639. The molecule has 0 saturated carbocycles. The molecule has 11 heteroatoms. The average molecular weight is 590 g/mol. The maximum absolute atomic E-state index is 12.2. The van der Waals surface area contributed by atoms with Gasteiger partial charge in [0.2, 0.25) is 17.7 Å². The summed E-state index contributed by atoms with van der Waals surface area (Å²) in [5.41, 5.74) is 20.6. The SMILES string of the molecule is CCCCCCCCCCCCCCCC(=O)NC(CCCCN)C(=O)NCC(N)=O.CCCN=C(N)N.CS. The number of hydrogen-bond donors (Lipinski definition) is 7. The largest absolute Gasteiger partial charge is 0.370 e. The fourth-order valence-corrected chi connectivity index (χ4v) is 3.87. The molecule has 10 N–H and O–H groups in total. The molecule has 1 unspecified atom stereocenters. The minimum Gasteiger partial charge on any atom is -0.370 e. The van der Waals surface area contributed by atoms with Crippen molar-refractivity contribution >= 4 is 36.3 Å². The van der Waals surface area contributed by atoms with Gasteiger partial charge < -0.3 is 33.6 Å². The zero-order valence-electron chi connectivity index (χ0n) is 25.9. The Morgan fingerprint density at radius 2 is 1.23 bits per heavy atom. The van der Waals surface area contributed by atoms with E-state index in [-0.39, 0.29) is 24.3 Å². The molecule has 0 aromatic heterocycles. The van der Waals surface area contributed by atoms with E-state index in [1.807, 2.05) is 6.92 Å². The number of hydrogen-bond acceptors (Lipinski definition) is 6. The number of nitrogens with one attached hydrogen (secondary N) is 2. The number of primary amides is 1. The molecule has 0 fully saturated rings. The van der Waals surface area contributed by atoms with Gasteiger partial charge in [-0.1, -0.05) is 90.9 Å². The normalized spacial score (nSPS) is 10.7. The molecule has 10 nitrogen and oxygen atoms in total. The van der Waals surface area contributed by atoms with Crippen LogP contribution >= 0.6 is 12.6 Å². The molecule has 0 aliphatic rings. The van der Waals surface area contributed by atoms with Crippen molar-refractivity contribution in [3.8, 4) is 0 Å². The van der Waals surface area contributed by atoms with E-state index >= 15 is 0 Å². The molecule has 0 aliphatic carbocycles. The number of thiol groups is 1. The van der Waals surface area contributed by atoms with Crippen LogP contribution in [0.3, 0.4) is 0 Å². The molecule has 238 valence electrons. The van der Waals surface area contributed by atoms with Gasteiger partial charge in [0.15, 0.2) is 5.96 Å². The Morgan fingerprint density at radius 3 is 1.62 bits per heavy atom. The predicted molar refractivity (Wildman–Crippen MR) is 173 cm³/mol. The fraction of sp³-hybridized carbons (Fsp3) is 0.862. The van der Waals surface area contributed by atoms with Crippen molar-refractivity contribution < 1.29 is 14.4 Å². The first-order valence-corrected chi connectivity index (χ1v) is 16.2. The van der Waals surface area contributed by atoms with E-state index in [0.29, 0.717) is 19.4 Å². The molecule has 0 radical (unpaired) electrons. The van der Waals surface area contributed by atoms with Gasteiger partial charge in [0.05, 0.1) is 6.54 Å². The van der Waals surface area contributed by atoms with Gasteiger partial charge in [0.25, 0.3) is 0 Å². The lowest BCUT2D eigenvalue weighted by molar-refractivity contribution is -0.130. The Kier molecular flexibility index (Phi) is 37.2. The molecular weight excluding hydrogens is 526 g/mol. The van der Waals surface area contributed by atoms with Gasteiger partial charge >= 0.3 is 0 Å². The molecule has 0 bridgehead atoms. The van der Waals surface area contributed by atoms with Crippen molar-refractivity contribution in [3.63, 3.8) is 0 Å². The van der Waals surface area contributed by atoms with Gasteiger partial charge in [-0.25, -0.2) is 0 Å². The van der Waals surface area contributed by atoms with Crippen LogP contribution in [-0.2, 0) is 14.4 Å². The van der Waals surface area contributed by atoms with Crippen molar-refractivity contribution in [2.45, 2.75) is 135 Å². The number of amides is 3. The van der Waals surface area contributed by atoms with Gasteiger partial charge in [-0.3, -0.25) is 19.4 Å². The van der Waals surface area contributed by atoms with Crippen molar-refractivity contribution in [2.24, 2.45) is 27.9 Å². The Balaban J connectivity index is -0.00000131. The van der Waals surface area contributed by atoms with Crippen LogP contribution in [0.5, 0.6) is 0 Å². The first-order chi connectivity index (χ1) is 19.3. The molecule has 0 aliphatic heterocycles. The van der Waals surface area contributed by atoms with Crippen LogP contribution in [0, 0.1) is 0 Å². The molecule has 0 aromatic rings. The number of nitrogens with two attached hydrogens (primary N) is 4. The Bertz CT molecular complexity index is 618. The summed E-state index contributed by atoms with van der Waals surface area (Å²) in [5.74, 6) is -0.904.